The molecule has 122 valence electrons. The molecule has 0 fully saturated rings. The van der Waals surface area contributed by atoms with Crippen LogP contribution in [0.25, 0.3) is 5.69 Å². The fourth-order valence-electron chi connectivity index (χ4n) is 2.72. The number of hydrogen-bond donors (Lipinski definition) is 2. The number of nitrogens with zero attached hydrogens (tertiary/aromatic N) is 2. The fourth-order valence-corrected chi connectivity index (χ4v) is 2.72. The number of carboxylic acid groups (broad SMARTS) is 1. The Morgan fingerprint density at radius 3 is 2.33 bits per heavy atom. The van der Waals surface area contributed by atoms with Crippen molar-refractivity contribution in [1.82, 2.24) is 9.78 Å². The molecule has 5 heteroatoms. The van der Waals surface area contributed by atoms with Gasteiger partial charge >= 0.3 is 5.97 Å². The minimum absolute atomic E-state index is 0.179. The van der Waals surface area contributed by atoms with Crippen molar-refractivity contribution in [2.45, 2.75) is 20.8 Å². The van der Waals surface area contributed by atoms with Gasteiger partial charge in [0.05, 0.1) is 11.4 Å². The highest BCUT2D eigenvalue weighted by molar-refractivity contribution is 5.95. The first-order chi connectivity index (χ1) is 11.5. The summed E-state index contributed by atoms with van der Waals surface area (Å²) in [5.41, 5.74) is 4.60. The highest BCUT2D eigenvalue weighted by Gasteiger charge is 2.21. The first-order valence-electron chi connectivity index (χ1n) is 7.69. The second-order valence-corrected chi connectivity index (χ2v) is 5.86. The van der Waals surface area contributed by atoms with Gasteiger partial charge < -0.3 is 10.4 Å². The van der Waals surface area contributed by atoms with Crippen molar-refractivity contribution in [3.63, 3.8) is 0 Å². The van der Waals surface area contributed by atoms with Gasteiger partial charge in [-0.3, -0.25) is 0 Å². The molecular formula is C19H19N3O2. The molecule has 24 heavy (non-hydrogen) atoms. The van der Waals surface area contributed by atoms with E-state index in [9.17, 15) is 9.90 Å². The molecule has 0 aliphatic carbocycles. The van der Waals surface area contributed by atoms with Gasteiger partial charge in [0, 0.05) is 5.69 Å². The standard InChI is InChI=1S/C19H19N3O2/c1-12-6-4-8-15(10-12)20-18-17(19(23)24)14(3)22(21-18)16-9-5-7-13(2)11-16/h4-11H,1-3H3,(H,20,21)(H,23,24). The van der Waals surface area contributed by atoms with E-state index in [0.717, 1.165) is 22.5 Å². The van der Waals surface area contributed by atoms with E-state index in [1.165, 1.54) is 0 Å². The molecule has 3 aromatic rings. The molecule has 0 aliphatic heterocycles. The van der Waals surface area contributed by atoms with Crippen molar-refractivity contribution in [3.05, 3.63) is 70.9 Å². The van der Waals surface area contributed by atoms with Gasteiger partial charge in [0.25, 0.3) is 0 Å². The molecule has 0 bridgehead atoms. The number of aryl methyl sites for hydroxylation is 2. The third-order valence-corrected chi connectivity index (χ3v) is 3.86. The lowest BCUT2D eigenvalue weighted by Crippen LogP contribution is -2.03. The molecule has 3 rings (SSSR count). The molecule has 1 aromatic heterocycles. The summed E-state index contributed by atoms with van der Waals surface area (Å²) < 4.78 is 1.66. The van der Waals surface area contributed by atoms with Gasteiger partial charge in [-0.25, -0.2) is 9.48 Å². The maximum absolute atomic E-state index is 11.7. The Bertz CT molecular complexity index is 913. The monoisotopic (exact) mass is 321 g/mol. The van der Waals surface area contributed by atoms with E-state index in [2.05, 4.69) is 10.4 Å². The number of aromatic carboxylic acids is 1. The number of benzene rings is 2. The van der Waals surface area contributed by atoms with Crippen LogP contribution in [-0.4, -0.2) is 20.9 Å². The van der Waals surface area contributed by atoms with Crippen molar-refractivity contribution in [2.75, 3.05) is 5.32 Å². The summed E-state index contributed by atoms with van der Waals surface area (Å²) in [7, 11) is 0. The third kappa shape index (κ3) is 3.01. The molecule has 2 N–H and O–H groups in total. The summed E-state index contributed by atoms with van der Waals surface area (Å²) in [5, 5.41) is 17.2. The lowest BCUT2D eigenvalue weighted by molar-refractivity contribution is 0.0697. The van der Waals surface area contributed by atoms with Gasteiger partial charge in [-0.05, 0) is 56.2 Å². The van der Waals surface area contributed by atoms with E-state index in [-0.39, 0.29) is 5.56 Å². The number of carboxylic acids is 1. The molecule has 0 saturated heterocycles. The van der Waals surface area contributed by atoms with Crippen molar-refractivity contribution in [3.8, 4) is 5.69 Å². The van der Waals surface area contributed by atoms with Crippen LogP contribution in [0.3, 0.4) is 0 Å². The van der Waals surface area contributed by atoms with Crippen molar-refractivity contribution < 1.29 is 9.90 Å². The van der Waals surface area contributed by atoms with E-state index < -0.39 is 5.97 Å². The van der Waals surface area contributed by atoms with E-state index in [1.54, 1.807) is 11.6 Å². The number of hydrogen-bond acceptors (Lipinski definition) is 3. The summed E-state index contributed by atoms with van der Waals surface area (Å²) in [4.78, 5) is 11.7. The second-order valence-electron chi connectivity index (χ2n) is 5.86. The van der Waals surface area contributed by atoms with Crippen LogP contribution in [-0.2, 0) is 0 Å². The van der Waals surface area contributed by atoms with Gasteiger partial charge in [-0.15, -0.1) is 5.10 Å². The highest BCUT2D eigenvalue weighted by Crippen LogP contribution is 2.26. The maximum Gasteiger partial charge on any atom is 0.341 e. The van der Waals surface area contributed by atoms with Crippen LogP contribution < -0.4 is 5.32 Å². The zero-order valence-corrected chi connectivity index (χ0v) is 13.9. The van der Waals surface area contributed by atoms with Gasteiger partial charge in [-0.2, -0.15) is 0 Å². The number of nitrogens with one attached hydrogen (secondary N) is 1. The Hall–Kier alpha value is -3.08. The summed E-state index contributed by atoms with van der Waals surface area (Å²) in [6.45, 7) is 5.74. The Balaban J connectivity index is 2.09. The van der Waals surface area contributed by atoms with Crippen LogP contribution in [0, 0.1) is 20.8 Å². The Labute approximate surface area is 140 Å². The summed E-state index contributed by atoms with van der Waals surface area (Å²) in [6.07, 6.45) is 0. The molecule has 0 atom stereocenters. The first-order valence-corrected chi connectivity index (χ1v) is 7.69. The summed E-state index contributed by atoms with van der Waals surface area (Å²) in [6, 6.07) is 15.6. The average molecular weight is 321 g/mol. The van der Waals surface area contributed by atoms with E-state index in [0.29, 0.717) is 11.5 Å². The zero-order chi connectivity index (χ0) is 17.3. The predicted molar refractivity (Wildman–Crippen MR) is 94.5 cm³/mol. The second kappa shape index (κ2) is 6.20. The normalized spacial score (nSPS) is 10.6. The van der Waals surface area contributed by atoms with Crippen LogP contribution in [0.4, 0.5) is 11.5 Å². The Morgan fingerprint density at radius 1 is 1.04 bits per heavy atom. The zero-order valence-electron chi connectivity index (χ0n) is 13.9. The molecule has 2 aromatic carbocycles. The van der Waals surface area contributed by atoms with E-state index in [1.807, 2.05) is 62.4 Å². The van der Waals surface area contributed by atoms with Crippen LogP contribution in [0.5, 0.6) is 0 Å². The molecule has 0 aliphatic rings. The Kier molecular flexibility index (Phi) is 4.08. The van der Waals surface area contributed by atoms with Crippen molar-refractivity contribution in [2.24, 2.45) is 0 Å². The van der Waals surface area contributed by atoms with Gasteiger partial charge in [0.1, 0.15) is 5.56 Å². The molecular weight excluding hydrogens is 302 g/mol. The van der Waals surface area contributed by atoms with Gasteiger partial charge in [0.15, 0.2) is 5.82 Å². The van der Waals surface area contributed by atoms with Crippen LogP contribution >= 0.6 is 0 Å². The summed E-state index contributed by atoms with van der Waals surface area (Å²) in [5.74, 6) is -0.659. The van der Waals surface area contributed by atoms with E-state index in [4.69, 9.17) is 0 Å². The molecule has 0 amide bonds. The average Bonchev–Trinajstić information content (AvgIpc) is 2.84. The quantitative estimate of drug-likeness (QED) is 0.754. The topological polar surface area (TPSA) is 67.2 Å². The van der Waals surface area contributed by atoms with Crippen LogP contribution in [0.15, 0.2) is 48.5 Å². The van der Waals surface area contributed by atoms with Crippen molar-refractivity contribution >= 4 is 17.5 Å². The van der Waals surface area contributed by atoms with Crippen LogP contribution in [0.2, 0.25) is 0 Å². The van der Waals surface area contributed by atoms with Gasteiger partial charge in [0.2, 0.25) is 0 Å². The predicted octanol–water partition coefficient (Wildman–Crippen LogP) is 4.24. The molecule has 0 radical (unpaired) electrons. The van der Waals surface area contributed by atoms with Gasteiger partial charge in [-0.1, -0.05) is 24.3 Å². The number of carbonyl (C=O) groups is 1. The highest BCUT2D eigenvalue weighted by atomic mass is 16.4. The lowest BCUT2D eigenvalue weighted by Gasteiger charge is -2.05. The van der Waals surface area contributed by atoms with E-state index >= 15 is 0 Å². The molecule has 0 unspecified atom stereocenters. The number of rotatable bonds is 4. The summed E-state index contributed by atoms with van der Waals surface area (Å²) >= 11 is 0. The maximum atomic E-state index is 11.7. The molecule has 1 heterocycles. The van der Waals surface area contributed by atoms with Crippen molar-refractivity contribution in [1.29, 1.82) is 0 Å². The molecule has 0 saturated carbocycles. The lowest BCUT2D eigenvalue weighted by atomic mass is 10.2. The minimum Gasteiger partial charge on any atom is -0.477 e. The smallest absolute Gasteiger partial charge is 0.341 e. The fraction of sp³-hybridized carbons (Fsp3) is 0.158. The number of anilines is 2. The number of aromatic nitrogens is 2. The minimum atomic E-state index is -0.999. The molecule has 5 nitrogen and oxygen atoms in total. The Morgan fingerprint density at radius 2 is 1.71 bits per heavy atom. The van der Waals surface area contributed by atoms with Crippen LogP contribution in [0.1, 0.15) is 27.2 Å². The third-order valence-electron chi connectivity index (χ3n) is 3.86. The SMILES string of the molecule is Cc1cccc(Nc2nn(-c3cccc(C)c3)c(C)c2C(=O)O)c1. The first kappa shape index (κ1) is 15.8. The molecule has 0 spiro atoms. The largest absolute Gasteiger partial charge is 0.477 e.